The maximum absolute atomic E-state index is 13.9. The molecule has 1 saturated heterocycles. The smallest absolute Gasteiger partial charge is 0.264 e. The van der Waals surface area contributed by atoms with E-state index in [0.717, 1.165) is 12.5 Å². The summed E-state index contributed by atoms with van der Waals surface area (Å²) in [6, 6.07) is 11.3. The molecular formula is C19H18FN5O3S. The number of aromatic nitrogens is 3. The number of sulfonamides is 1. The van der Waals surface area contributed by atoms with Crippen molar-refractivity contribution in [2.24, 2.45) is 0 Å². The lowest BCUT2D eigenvalue weighted by Gasteiger charge is -2.17. The van der Waals surface area contributed by atoms with Gasteiger partial charge in [0.25, 0.3) is 15.9 Å². The zero-order valence-electron chi connectivity index (χ0n) is 15.3. The highest BCUT2D eigenvalue weighted by molar-refractivity contribution is 7.92. The number of nitrogens with one attached hydrogen (secondary N) is 1. The van der Waals surface area contributed by atoms with Gasteiger partial charge in [0, 0.05) is 30.5 Å². The van der Waals surface area contributed by atoms with Crippen LogP contribution in [0.15, 0.2) is 65.8 Å². The van der Waals surface area contributed by atoms with Gasteiger partial charge in [-0.05, 0) is 36.8 Å². The average Bonchev–Trinajstić information content (AvgIpc) is 3.39. The van der Waals surface area contributed by atoms with Gasteiger partial charge in [-0.1, -0.05) is 23.4 Å². The molecule has 0 radical (unpaired) electrons. The second kappa shape index (κ2) is 7.63. The number of rotatable bonds is 5. The van der Waals surface area contributed by atoms with Crippen molar-refractivity contribution < 1.29 is 17.6 Å². The quantitative estimate of drug-likeness (QED) is 0.690. The summed E-state index contributed by atoms with van der Waals surface area (Å²) >= 11 is 0. The molecule has 1 aliphatic heterocycles. The molecule has 2 heterocycles. The molecule has 8 nitrogen and oxygen atoms in total. The number of anilines is 1. The van der Waals surface area contributed by atoms with Crippen LogP contribution in [0.1, 0.15) is 22.8 Å². The third-order valence-electron chi connectivity index (χ3n) is 4.75. The van der Waals surface area contributed by atoms with E-state index in [9.17, 15) is 17.6 Å². The van der Waals surface area contributed by atoms with Crippen LogP contribution < -0.4 is 4.72 Å². The van der Waals surface area contributed by atoms with Crippen molar-refractivity contribution in [2.45, 2.75) is 17.4 Å². The molecule has 1 atom stereocenters. The van der Waals surface area contributed by atoms with Crippen molar-refractivity contribution in [2.75, 3.05) is 17.8 Å². The molecule has 1 aromatic heterocycles. The van der Waals surface area contributed by atoms with Crippen LogP contribution in [0.2, 0.25) is 0 Å². The fraction of sp³-hybridized carbons (Fsp3) is 0.211. The molecule has 0 aliphatic carbocycles. The first-order valence-corrected chi connectivity index (χ1v) is 10.4. The van der Waals surface area contributed by atoms with Crippen LogP contribution in [0.4, 0.5) is 10.1 Å². The fourth-order valence-corrected chi connectivity index (χ4v) is 4.46. The Balaban J connectivity index is 1.50. The second-order valence-corrected chi connectivity index (χ2v) is 8.34. The van der Waals surface area contributed by atoms with Crippen molar-refractivity contribution in [3.8, 4) is 0 Å². The molecule has 2 aromatic carbocycles. The largest absolute Gasteiger partial charge is 0.336 e. The summed E-state index contributed by atoms with van der Waals surface area (Å²) in [6.07, 6.45) is 4.11. The number of carbonyl (C=O) groups excluding carboxylic acids is 1. The van der Waals surface area contributed by atoms with Gasteiger partial charge in [-0.3, -0.25) is 9.52 Å². The van der Waals surface area contributed by atoms with Gasteiger partial charge in [-0.2, -0.15) is 0 Å². The minimum atomic E-state index is -4.11. The van der Waals surface area contributed by atoms with Gasteiger partial charge in [0.2, 0.25) is 0 Å². The predicted octanol–water partition coefficient (Wildman–Crippen LogP) is 2.31. The Morgan fingerprint density at radius 3 is 2.76 bits per heavy atom. The Morgan fingerprint density at radius 2 is 2.00 bits per heavy atom. The van der Waals surface area contributed by atoms with Crippen LogP contribution in [-0.2, 0) is 10.0 Å². The topological polar surface area (TPSA) is 97.2 Å². The van der Waals surface area contributed by atoms with Crippen molar-refractivity contribution >= 4 is 21.6 Å². The summed E-state index contributed by atoms with van der Waals surface area (Å²) in [5.41, 5.74) is 0.532. The molecule has 4 rings (SSSR count). The number of nitrogens with zero attached hydrogens (tertiary/aromatic N) is 4. The summed E-state index contributed by atoms with van der Waals surface area (Å²) in [5, 5.41) is 7.77. The summed E-state index contributed by atoms with van der Waals surface area (Å²) in [7, 11) is -4.11. The van der Waals surface area contributed by atoms with Crippen LogP contribution in [0, 0.1) is 5.82 Å². The zero-order valence-corrected chi connectivity index (χ0v) is 16.1. The molecule has 1 N–H and O–H groups in total. The highest BCUT2D eigenvalue weighted by Crippen LogP contribution is 2.24. The number of hydrogen-bond donors (Lipinski definition) is 1. The second-order valence-electron chi connectivity index (χ2n) is 6.69. The molecule has 1 fully saturated rings. The van der Waals surface area contributed by atoms with Gasteiger partial charge in [-0.15, -0.1) is 5.10 Å². The molecule has 150 valence electrons. The number of hydrogen-bond acceptors (Lipinski definition) is 5. The van der Waals surface area contributed by atoms with E-state index in [1.807, 2.05) is 0 Å². The molecule has 3 aromatic rings. The fourth-order valence-electron chi connectivity index (χ4n) is 3.33. The molecule has 0 bridgehead atoms. The number of carbonyl (C=O) groups is 1. The van der Waals surface area contributed by atoms with E-state index in [2.05, 4.69) is 15.0 Å². The lowest BCUT2D eigenvalue weighted by molar-refractivity contribution is 0.0787. The van der Waals surface area contributed by atoms with Gasteiger partial charge in [0.1, 0.15) is 10.7 Å². The summed E-state index contributed by atoms with van der Waals surface area (Å²) < 4.78 is 42.9. The Kier molecular flexibility index (Phi) is 5.01. The SMILES string of the molecule is O=C(c1cccc(NS(=O)(=O)c2ccccc2F)c1)N1CCC(n2ccnn2)C1. The highest BCUT2D eigenvalue weighted by Gasteiger charge is 2.28. The minimum Gasteiger partial charge on any atom is -0.336 e. The Morgan fingerprint density at radius 1 is 1.17 bits per heavy atom. The third kappa shape index (κ3) is 3.97. The maximum Gasteiger partial charge on any atom is 0.264 e. The van der Waals surface area contributed by atoms with Crippen LogP contribution in [0.3, 0.4) is 0 Å². The zero-order chi connectivity index (χ0) is 20.4. The number of likely N-dealkylation sites (tertiary alicyclic amines) is 1. The minimum absolute atomic E-state index is 0.0594. The third-order valence-corrected chi connectivity index (χ3v) is 6.17. The van der Waals surface area contributed by atoms with Gasteiger partial charge < -0.3 is 4.90 Å². The van der Waals surface area contributed by atoms with Crippen molar-refractivity contribution in [1.29, 1.82) is 0 Å². The van der Waals surface area contributed by atoms with E-state index in [1.54, 1.807) is 34.1 Å². The molecule has 1 aliphatic rings. The van der Waals surface area contributed by atoms with Crippen LogP contribution in [-0.4, -0.2) is 47.3 Å². The van der Waals surface area contributed by atoms with E-state index in [1.165, 1.54) is 30.3 Å². The summed E-state index contributed by atoms with van der Waals surface area (Å²) in [6.45, 7) is 1.06. The Labute approximate surface area is 167 Å². The standard InChI is InChI=1S/C19H18FN5O3S/c20-17-6-1-2-7-18(17)29(27,28)22-15-5-3-4-14(12-15)19(26)24-10-8-16(13-24)25-11-9-21-23-25/h1-7,9,11-12,16,22H,8,10,13H2. The van der Waals surface area contributed by atoms with Gasteiger partial charge >= 0.3 is 0 Å². The van der Waals surface area contributed by atoms with E-state index < -0.39 is 20.7 Å². The number of benzene rings is 2. The van der Waals surface area contributed by atoms with Crippen LogP contribution in [0.25, 0.3) is 0 Å². The molecule has 1 amide bonds. The van der Waals surface area contributed by atoms with Crippen molar-refractivity contribution in [3.05, 3.63) is 72.3 Å². The van der Waals surface area contributed by atoms with E-state index in [4.69, 9.17) is 0 Å². The highest BCUT2D eigenvalue weighted by atomic mass is 32.2. The first-order chi connectivity index (χ1) is 13.9. The van der Waals surface area contributed by atoms with E-state index >= 15 is 0 Å². The Hall–Kier alpha value is -3.27. The van der Waals surface area contributed by atoms with Gasteiger partial charge in [-0.25, -0.2) is 17.5 Å². The molecule has 0 spiro atoms. The normalized spacial score (nSPS) is 16.7. The first kappa shape index (κ1) is 19.1. The average molecular weight is 415 g/mol. The van der Waals surface area contributed by atoms with Crippen LogP contribution in [0.5, 0.6) is 0 Å². The number of amides is 1. The van der Waals surface area contributed by atoms with Crippen LogP contribution >= 0.6 is 0 Å². The number of halogens is 1. The van der Waals surface area contributed by atoms with E-state index in [0.29, 0.717) is 18.7 Å². The predicted molar refractivity (Wildman–Crippen MR) is 103 cm³/mol. The molecule has 1 unspecified atom stereocenters. The first-order valence-electron chi connectivity index (χ1n) is 8.96. The van der Waals surface area contributed by atoms with Gasteiger partial charge in [0.15, 0.2) is 0 Å². The van der Waals surface area contributed by atoms with Crippen molar-refractivity contribution in [3.63, 3.8) is 0 Å². The molecular weight excluding hydrogens is 397 g/mol. The monoisotopic (exact) mass is 415 g/mol. The van der Waals surface area contributed by atoms with E-state index in [-0.39, 0.29) is 17.6 Å². The summed E-state index contributed by atoms with van der Waals surface area (Å²) in [4.78, 5) is 14.1. The molecule has 29 heavy (non-hydrogen) atoms. The Bertz CT molecular complexity index is 1130. The lowest BCUT2D eigenvalue weighted by Crippen LogP contribution is -2.29. The lowest BCUT2D eigenvalue weighted by atomic mass is 10.2. The van der Waals surface area contributed by atoms with Gasteiger partial charge in [0.05, 0.1) is 12.2 Å². The summed E-state index contributed by atoms with van der Waals surface area (Å²) in [5.74, 6) is -1.05. The molecule has 0 saturated carbocycles. The molecule has 10 heteroatoms. The van der Waals surface area contributed by atoms with Crippen molar-refractivity contribution in [1.82, 2.24) is 19.9 Å². The maximum atomic E-state index is 13.9.